The summed E-state index contributed by atoms with van der Waals surface area (Å²) in [6.07, 6.45) is 10.5. The molecule has 0 unspecified atom stereocenters. The van der Waals surface area contributed by atoms with Crippen molar-refractivity contribution in [2.75, 3.05) is 0 Å². The molecule has 0 amide bonds. The van der Waals surface area contributed by atoms with Crippen molar-refractivity contribution in [3.05, 3.63) is 24.4 Å². The predicted octanol–water partition coefficient (Wildman–Crippen LogP) is 2.56. The topological polar surface area (TPSA) is 12.4 Å². The molecule has 50 valence electrons. The summed E-state index contributed by atoms with van der Waals surface area (Å²) in [4.78, 5) is 3.96. The first-order valence-electron chi connectivity index (χ1n) is 3.21. The Kier molecular flexibility index (Phi) is 6.47. The molecule has 0 bridgehead atoms. The van der Waals surface area contributed by atoms with Gasteiger partial charge in [-0.3, -0.25) is 4.99 Å². The first kappa shape index (κ1) is 8.15. The maximum Gasteiger partial charge on any atom is 0.0264 e. The van der Waals surface area contributed by atoms with Gasteiger partial charge in [0.2, 0.25) is 0 Å². The lowest BCUT2D eigenvalue weighted by Crippen LogP contribution is -1.59. The van der Waals surface area contributed by atoms with Crippen molar-refractivity contribution in [2.24, 2.45) is 4.99 Å². The molecule has 0 aliphatic heterocycles. The zero-order valence-corrected chi connectivity index (χ0v) is 6.04. The van der Waals surface area contributed by atoms with E-state index in [0.29, 0.717) is 0 Å². The first-order chi connectivity index (χ1) is 4.41. The molecule has 0 fully saturated rings. The summed E-state index contributed by atoms with van der Waals surface area (Å²) in [6.45, 7) is 4.05. The molecule has 0 rings (SSSR count). The highest BCUT2D eigenvalue weighted by molar-refractivity contribution is 5.71. The molecule has 0 N–H and O–H groups in total. The van der Waals surface area contributed by atoms with E-state index in [1.807, 2.05) is 25.2 Å². The van der Waals surface area contributed by atoms with Crippen molar-refractivity contribution < 1.29 is 0 Å². The van der Waals surface area contributed by atoms with Crippen LogP contribution in [0.3, 0.4) is 0 Å². The molecule has 0 aromatic rings. The predicted molar refractivity (Wildman–Crippen MR) is 42.7 cm³/mol. The third-order valence-electron chi connectivity index (χ3n) is 0.792. The zero-order valence-electron chi connectivity index (χ0n) is 6.04. The van der Waals surface area contributed by atoms with Gasteiger partial charge in [-0.25, -0.2) is 0 Å². The van der Waals surface area contributed by atoms with Crippen LogP contribution in [0.15, 0.2) is 29.4 Å². The minimum atomic E-state index is 1.05. The summed E-state index contributed by atoms with van der Waals surface area (Å²) >= 11 is 0. The van der Waals surface area contributed by atoms with E-state index in [2.05, 4.69) is 11.9 Å². The van der Waals surface area contributed by atoms with Gasteiger partial charge in [-0.1, -0.05) is 19.1 Å². The van der Waals surface area contributed by atoms with E-state index in [0.717, 1.165) is 6.42 Å². The molecule has 0 saturated carbocycles. The van der Waals surface area contributed by atoms with Gasteiger partial charge in [-0.05, 0) is 19.4 Å². The van der Waals surface area contributed by atoms with E-state index in [4.69, 9.17) is 0 Å². The molecule has 0 aromatic carbocycles. The Morgan fingerprint density at radius 3 is 2.78 bits per heavy atom. The second-order valence-corrected chi connectivity index (χ2v) is 1.62. The third-order valence-corrected chi connectivity index (χ3v) is 0.792. The van der Waals surface area contributed by atoms with Crippen LogP contribution >= 0.6 is 0 Å². The maximum absolute atomic E-state index is 3.96. The monoisotopic (exact) mass is 123 g/mol. The number of rotatable bonds is 3. The van der Waals surface area contributed by atoms with Crippen LogP contribution in [0, 0.1) is 0 Å². The van der Waals surface area contributed by atoms with Crippen LogP contribution in [0.1, 0.15) is 20.3 Å². The Morgan fingerprint density at radius 2 is 2.22 bits per heavy atom. The molecule has 0 spiro atoms. The smallest absolute Gasteiger partial charge is 0.0264 e. The third kappa shape index (κ3) is 7.15. The van der Waals surface area contributed by atoms with E-state index < -0.39 is 0 Å². The molecule has 0 heterocycles. The molecule has 0 atom stereocenters. The molecule has 0 saturated heterocycles. The fraction of sp³-hybridized carbons (Fsp3) is 0.375. The van der Waals surface area contributed by atoms with Gasteiger partial charge in [0.15, 0.2) is 0 Å². The van der Waals surface area contributed by atoms with Crippen molar-refractivity contribution in [3.63, 3.8) is 0 Å². The fourth-order valence-corrected chi connectivity index (χ4v) is 0.352. The van der Waals surface area contributed by atoms with Gasteiger partial charge in [-0.15, -0.1) is 0 Å². The van der Waals surface area contributed by atoms with Crippen LogP contribution < -0.4 is 0 Å². The van der Waals surface area contributed by atoms with E-state index in [-0.39, 0.29) is 0 Å². The Hall–Kier alpha value is -0.850. The van der Waals surface area contributed by atoms with Gasteiger partial charge < -0.3 is 0 Å². The van der Waals surface area contributed by atoms with Gasteiger partial charge in [-0.2, -0.15) is 0 Å². The van der Waals surface area contributed by atoms with Crippen molar-refractivity contribution >= 4 is 6.21 Å². The number of aliphatic imine (C=N–C) groups is 1. The molecule has 0 aliphatic rings. The average Bonchev–Trinajstić information content (AvgIpc) is 1.89. The maximum atomic E-state index is 3.96. The lowest BCUT2D eigenvalue weighted by Gasteiger charge is -1.73. The van der Waals surface area contributed by atoms with Gasteiger partial charge in [0, 0.05) is 12.4 Å². The van der Waals surface area contributed by atoms with Crippen LogP contribution in [0.5, 0.6) is 0 Å². The van der Waals surface area contributed by atoms with Crippen LogP contribution in [0.2, 0.25) is 0 Å². The second kappa shape index (κ2) is 7.15. The Bertz CT molecular complexity index is 121. The van der Waals surface area contributed by atoms with Gasteiger partial charge in [0.1, 0.15) is 0 Å². The van der Waals surface area contributed by atoms with E-state index in [9.17, 15) is 0 Å². The summed E-state index contributed by atoms with van der Waals surface area (Å²) in [7, 11) is 0. The van der Waals surface area contributed by atoms with Crippen LogP contribution in [-0.2, 0) is 0 Å². The highest BCUT2D eigenvalue weighted by Gasteiger charge is 1.60. The summed E-state index contributed by atoms with van der Waals surface area (Å²) in [5.41, 5.74) is 0. The second-order valence-electron chi connectivity index (χ2n) is 1.62. The van der Waals surface area contributed by atoms with E-state index in [1.54, 1.807) is 12.4 Å². The Balaban J connectivity index is 3.35. The quantitative estimate of drug-likeness (QED) is 0.511. The summed E-state index contributed by atoms with van der Waals surface area (Å²) < 4.78 is 0. The standard InChI is InChI=1S/C8H13N/c1-3-5-7-9-8-6-4-2/h3,5-8H,4H2,1-2H3/b5-3-,8-6-,9-7-. The zero-order chi connectivity index (χ0) is 6.95. The highest BCUT2D eigenvalue weighted by atomic mass is 14.6. The molecular weight excluding hydrogens is 110 g/mol. The van der Waals surface area contributed by atoms with Crippen LogP contribution in [-0.4, -0.2) is 6.21 Å². The van der Waals surface area contributed by atoms with Crippen molar-refractivity contribution in [1.29, 1.82) is 0 Å². The molecule has 0 aliphatic carbocycles. The number of hydrogen-bond acceptors (Lipinski definition) is 1. The summed E-state index contributed by atoms with van der Waals surface area (Å²) in [5, 5.41) is 0. The minimum absolute atomic E-state index is 1.05. The number of nitrogens with zero attached hydrogens (tertiary/aromatic N) is 1. The normalized spacial score (nSPS) is 12.7. The Morgan fingerprint density at radius 1 is 1.44 bits per heavy atom. The fourth-order valence-electron chi connectivity index (χ4n) is 0.352. The van der Waals surface area contributed by atoms with Gasteiger partial charge >= 0.3 is 0 Å². The summed E-state index contributed by atoms with van der Waals surface area (Å²) in [6, 6.07) is 0. The summed E-state index contributed by atoms with van der Waals surface area (Å²) in [5.74, 6) is 0. The SMILES string of the molecule is C\C=C/C=N\C=C/CC. The molecular formula is C8H13N. The molecule has 9 heavy (non-hydrogen) atoms. The average molecular weight is 123 g/mol. The lowest BCUT2D eigenvalue weighted by atomic mass is 10.5. The number of allylic oxidation sites excluding steroid dienone is 3. The van der Waals surface area contributed by atoms with Crippen molar-refractivity contribution in [2.45, 2.75) is 20.3 Å². The highest BCUT2D eigenvalue weighted by Crippen LogP contribution is 1.78. The van der Waals surface area contributed by atoms with Crippen LogP contribution in [0.25, 0.3) is 0 Å². The molecule has 1 heteroatoms. The lowest BCUT2D eigenvalue weighted by molar-refractivity contribution is 1.21. The van der Waals surface area contributed by atoms with Crippen LogP contribution in [0.4, 0.5) is 0 Å². The minimum Gasteiger partial charge on any atom is -0.265 e. The first-order valence-corrected chi connectivity index (χ1v) is 3.21. The van der Waals surface area contributed by atoms with Crippen molar-refractivity contribution in [1.82, 2.24) is 0 Å². The van der Waals surface area contributed by atoms with E-state index in [1.165, 1.54) is 0 Å². The van der Waals surface area contributed by atoms with Crippen molar-refractivity contribution in [3.8, 4) is 0 Å². The largest absolute Gasteiger partial charge is 0.265 e. The number of hydrogen-bond donors (Lipinski definition) is 0. The molecule has 0 aromatic heterocycles. The van der Waals surface area contributed by atoms with Gasteiger partial charge in [0.05, 0.1) is 0 Å². The van der Waals surface area contributed by atoms with Gasteiger partial charge in [0.25, 0.3) is 0 Å². The molecule has 1 nitrogen and oxygen atoms in total. The Labute approximate surface area is 56.8 Å². The van der Waals surface area contributed by atoms with E-state index >= 15 is 0 Å². The molecule has 0 radical (unpaired) electrons.